The number of carbonyl (C=O) groups is 1. The van der Waals surface area contributed by atoms with E-state index >= 15 is 0 Å². The van der Waals surface area contributed by atoms with Crippen molar-refractivity contribution in [2.75, 3.05) is 0 Å². The number of aryl methyl sites for hydroxylation is 1. The average Bonchev–Trinajstić information content (AvgIpc) is 2.49. The molecule has 2 rings (SSSR count). The topological polar surface area (TPSA) is 30.0 Å². The van der Waals surface area contributed by atoms with Crippen LogP contribution in [0, 0.1) is 5.92 Å². The summed E-state index contributed by atoms with van der Waals surface area (Å²) in [7, 11) is 0. The Hall–Kier alpha value is -1.18. The summed E-state index contributed by atoms with van der Waals surface area (Å²) in [6, 6.07) is 4.11. The monoisotopic (exact) mass is 287 g/mol. The van der Waals surface area contributed by atoms with Crippen molar-refractivity contribution in [2.24, 2.45) is 5.92 Å². The molecule has 0 N–H and O–H groups in total. The van der Waals surface area contributed by atoms with E-state index in [9.17, 15) is 4.79 Å². The van der Waals surface area contributed by atoms with Crippen LogP contribution in [0.15, 0.2) is 12.1 Å². The fraction of sp³-hybridized carbons (Fsp3) is 0.684. The molecule has 1 aromatic heterocycles. The summed E-state index contributed by atoms with van der Waals surface area (Å²) < 4.78 is 0. The fourth-order valence-corrected chi connectivity index (χ4v) is 3.44. The predicted octanol–water partition coefficient (Wildman–Crippen LogP) is 5.31. The number of unbranched alkanes of at least 4 members (excludes halogenated alkanes) is 3. The zero-order valence-electron chi connectivity index (χ0n) is 13.8. The van der Waals surface area contributed by atoms with E-state index in [2.05, 4.69) is 26.8 Å². The SMILES string of the molecule is CCCCCCc1ccc2c(n1)C(C)CC(CCC)C2=O. The van der Waals surface area contributed by atoms with E-state index in [-0.39, 0.29) is 5.92 Å². The Morgan fingerprint density at radius 1 is 1.14 bits per heavy atom. The van der Waals surface area contributed by atoms with E-state index < -0.39 is 0 Å². The van der Waals surface area contributed by atoms with Gasteiger partial charge < -0.3 is 0 Å². The second kappa shape index (κ2) is 7.72. The highest BCUT2D eigenvalue weighted by Crippen LogP contribution is 2.35. The summed E-state index contributed by atoms with van der Waals surface area (Å²) in [5.74, 6) is 0.967. The molecule has 0 bridgehead atoms. The molecule has 1 aliphatic rings. The van der Waals surface area contributed by atoms with Crippen molar-refractivity contribution in [2.45, 2.75) is 78.1 Å². The van der Waals surface area contributed by atoms with Gasteiger partial charge in [0.1, 0.15) is 0 Å². The van der Waals surface area contributed by atoms with Gasteiger partial charge in [-0.15, -0.1) is 0 Å². The minimum absolute atomic E-state index is 0.217. The minimum atomic E-state index is 0.217. The maximum atomic E-state index is 12.5. The molecule has 0 aliphatic heterocycles. The number of nitrogens with zero attached hydrogens (tertiary/aromatic N) is 1. The Labute approximate surface area is 129 Å². The Morgan fingerprint density at radius 2 is 1.95 bits per heavy atom. The van der Waals surface area contributed by atoms with Crippen molar-refractivity contribution in [1.82, 2.24) is 4.98 Å². The molecule has 2 heteroatoms. The summed E-state index contributed by atoms with van der Waals surface area (Å²) in [4.78, 5) is 17.3. The first-order valence-corrected chi connectivity index (χ1v) is 8.71. The lowest BCUT2D eigenvalue weighted by molar-refractivity contribution is 0.0884. The average molecular weight is 287 g/mol. The van der Waals surface area contributed by atoms with E-state index in [1.54, 1.807) is 0 Å². The third kappa shape index (κ3) is 3.93. The van der Waals surface area contributed by atoms with E-state index in [1.165, 1.54) is 31.4 Å². The van der Waals surface area contributed by atoms with Crippen LogP contribution in [0.25, 0.3) is 0 Å². The predicted molar refractivity (Wildman–Crippen MR) is 87.8 cm³/mol. The Morgan fingerprint density at radius 3 is 2.67 bits per heavy atom. The van der Waals surface area contributed by atoms with Crippen LogP contribution in [0.4, 0.5) is 0 Å². The molecule has 2 unspecified atom stereocenters. The highest BCUT2D eigenvalue weighted by Gasteiger charge is 2.31. The summed E-state index contributed by atoms with van der Waals surface area (Å²) in [5.41, 5.74) is 3.11. The molecule has 0 saturated carbocycles. The molecule has 0 fully saturated rings. The van der Waals surface area contributed by atoms with Gasteiger partial charge in [-0.25, -0.2) is 0 Å². The summed E-state index contributed by atoms with van der Waals surface area (Å²) in [5, 5.41) is 0. The summed E-state index contributed by atoms with van der Waals surface area (Å²) >= 11 is 0. The van der Waals surface area contributed by atoms with Crippen LogP contribution in [-0.4, -0.2) is 10.8 Å². The number of pyridine rings is 1. The Balaban J connectivity index is 2.09. The molecule has 116 valence electrons. The molecule has 21 heavy (non-hydrogen) atoms. The number of Topliss-reactive ketones (excluding diaryl/α,β-unsaturated/α-hetero) is 1. The number of rotatable bonds is 7. The van der Waals surface area contributed by atoms with Crippen molar-refractivity contribution < 1.29 is 4.79 Å². The van der Waals surface area contributed by atoms with Gasteiger partial charge >= 0.3 is 0 Å². The quantitative estimate of drug-likeness (QED) is 0.636. The highest BCUT2D eigenvalue weighted by atomic mass is 16.1. The second-order valence-corrected chi connectivity index (χ2v) is 6.53. The number of carbonyl (C=O) groups excluding carboxylic acids is 1. The van der Waals surface area contributed by atoms with Crippen LogP contribution in [0.2, 0.25) is 0 Å². The van der Waals surface area contributed by atoms with Gasteiger partial charge in [-0.3, -0.25) is 9.78 Å². The van der Waals surface area contributed by atoms with Crippen molar-refractivity contribution >= 4 is 5.78 Å². The molecule has 0 amide bonds. The fourth-order valence-electron chi connectivity index (χ4n) is 3.44. The van der Waals surface area contributed by atoms with Crippen molar-refractivity contribution in [3.63, 3.8) is 0 Å². The van der Waals surface area contributed by atoms with Gasteiger partial charge in [0.15, 0.2) is 5.78 Å². The normalized spacial score (nSPS) is 21.4. The van der Waals surface area contributed by atoms with Gasteiger partial charge in [0, 0.05) is 17.2 Å². The Kier molecular flexibility index (Phi) is 5.96. The maximum absolute atomic E-state index is 12.5. The molecule has 2 nitrogen and oxygen atoms in total. The number of fused-ring (bicyclic) bond motifs is 1. The molecule has 1 aromatic rings. The summed E-state index contributed by atoms with van der Waals surface area (Å²) in [6.45, 7) is 6.62. The van der Waals surface area contributed by atoms with Crippen molar-refractivity contribution in [3.05, 3.63) is 29.1 Å². The van der Waals surface area contributed by atoms with Gasteiger partial charge in [0.25, 0.3) is 0 Å². The van der Waals surface area contributed by atoms with E-state index in [0.29, 0.717) is 11.7 Å². The number of hydrogen-bond donors (Lipinski definition) is 0. The lowest BCUT2D eigenvalue weighted by atomic mass is 9.77. The first-order valence-electron chi connectivity index (χ1n) is 8.71. The molecular weight excluding hydrogens is 258 g/mol. The lowest BCUT2D eigenvalue weighted by Gasteiger charge is -2.27. The van der Waals surface area contributed by atoms with Crippen LogP contribution < -0.4 is 0 Å². The van der Waals surface area contributed by atoms with Gasteiger partial charge in [-0.1, -0.05) is 46.5 Å². The molecule has 2 atom stereocenters. The first-order chi connectivity index (χ1) is 10.2. The standard InChI is InChI=1S/C19H29NO/c1-4-6-7-8-10-16-11-12-17-18(20-16)14(3)13-15(9-5-2)19(17)21/h11-12,14-15H,4-10,13H2,1-3H3. The third-order valence-electron chi connectivity index (χ3n) is 4.65. The summed E-state index contributed by atoms with van der Waals surface area (Å²) in [6.07, 6.45) is 9.19. The zero-order chi connectivity index (χ0) is 15.2. The largest absolute Gasteiger partial charge is 0.294 e. The molecular formula is C19H29NO. The second-order valence-electron chi connectivity index (χ2n) is 6.53. The maximum Gasteiger partial charge on any atom is 0.167 e. The van der Waals surface area contributed by atoms with Gasteiger partial charge in [-0.05, 0) is 43.7 Å². The van der Waals surface area contributed by atoms with Gasteiger partial charge in [0.05, 0.1) is 5.69 Å². The van der Waals surface area contributed by atoms with Crippen molar-refractivity contribution in [3.8, 4) is 0 Å². The lowest BCUT2D eigenvalue weighted by Crippen LogP contribution is -2.26. The minimum Gasteiger partial charge on any atom is -0.294 e. The smallest absolute Gasteiger partial charge is 0.167 e. The molecule has 0 aromatic carbocycles. The van der Waals surface area contributed by atoms with Crippen LogP contribution in [0.1, 0.15) is 93.4 Å². The zero-order valence-corrected chi connectivity index (χ0v) is 13.8. The third-order valence-corrected chi connectivity index (χ3v) is 4.65. The molecule has 0 radical (unpaired) electrons. The van der Waals surface area contributed by atoms with E-state index in [1.807, 2.05) is 6.07 Å². The van der Waals surface area contributed by atoms with Crippen molar-refractivity contribution in [1.29, 1.82) is 0 Å². The Bertz CT molecular complexity index is 480. The van der Waals surface area contributed by atoms with E-state index in [4.69, 9.17) is 4.98 Å². The molecule has 1 aliphatic carbocycles. The number of ketones is 1. The molecule has 1 heterocycles. The van der Waals surface area contributed by atoms with Crippen LogP contribution in [0.3, 0.4) is 0 Å². The van der Waals surface area contributed by atoms with Crippen LogP contribution in [-0.2, 0) is 6.42 Å². The van der Waals surface area contributed by atoms with Crippen LogP contribution in [0.5, 0.6) is 0 Å². The number of hydrogen-bond acceptors (Lipinski definition) is 2. The number of aromatic nitrogens is 1. The first kappa shape index (κ1) is 16.2. The molecule has 0 spiro atoms. The van der Waals surface area contributed by atoms with E-state index in [0.717, 1.165) is 36.9 Å². The van der Waals surface area contributed by atoms with Crippen LogP contribution >= 0.6 is 0 Å². The molecule has 0 saturated heterocycles. The van der Waals surface area contributed by atoms with Gasteiger partial charge in [0.2, 0.25) is 0 Å². The highest BCUT2D eigenvalue weighted by molar-refractivity contribution is 6.00. The van der Waals surface area contributed by atoms with Gasteiger partial charge in [-0.2, -0.15) is 0 Å².